The standard InChI is InChI=1S/C9H16O.C7H12O/c1-7-5-4-6-9(2,3)8(7)10;8-7-5-3-1-2-4-6-7/h7H,4-6H2,1-3H3;1-6H2. The van der Waals surface area contributed by atoms with Crippen LogP contribution in [0.3, 0.4) is 0 Å². The van der Waals surface area contributed by atoms with Crippen LogP contribution in [0.1, 0.15) is 78.6 Å². The van der Waals surface area contributed by atoms with Gasteiger partial charge in [0.1, 0.15) is 11.6 Å². The highest BCUT2D eigenvalue weighted by atomic mass is 16.1. The Morgan fingerprint density at radius 1 is 0.944 bits per heavy atom. The fourth-order valence-corrected chi connectivity index (χ4v) is 2.89. The molecule has 0 N–H and O–H groups in total. The van der Waals surface area contributed by atoms with Gasteiger partial charge in [0.2, 0.25) is 0 Å². The highest BCUT2D eigenvalue weighted by Crippen LogP contribution is 2.34. The summed E-state index contributed by atoms with van der Waals surface area (Å²) in [5.41, 5.74) is -0.0301. The second-order valence-electron chi connectivity index (χ2n) is 6.49. The molecule has 0 saturated heterocycles. The van der Waals surface area contributed by atoms with Gasteiger partial charge in [0.15, 0.2) is 0 Å². The molecule has 0 spiro atoms. The van der Waals surface area contributed by atoms with Crippen LogP contribution in [0.15, 0.2) is 0 Å². The molecule has 2 fully saturated rings. The van der Waals surface area contributed by atoms with Gasteiger partial charge in [-0.15, -0.1) is 0 Å². The average Bonchev–Trinajstić information content (AvgIpc) is 2.54. The molecule has 0 aromatic rings. The van der Waals surface area contributed by atoms with Gasteiger partial charge in [-0.2, -0.15) is 0 Å². The molecule has 1 atom stereocenters. The monoisotopic (exact) mass is 252 g/mol. The van der Waals surface area contributed by atoms with Crippen LogP contribution in [0.4, 0.5) is 0 Å². The van der Waals surface area contributed by atoms with Gasteiger partial charge in [-0.3, -0.25) is 9.59 Å². The summed E-state index contributed by atoms with van der Waals surface area (Å²) in [6.45, 7) is 6.17. The van der Waals surface area contributed by atoms with E-state index in [1.54, 1.807) is 0 Å². The van der Waals surface area contributed by atoms with E-state index in [9.17, 15) is 9.59 Å². The first-order valence-electron chi connectivity index (χ1n) is 7.49. The quantitative estimate of drug-likeness (QED) is 0.602. The first-order chi connectivity index (χ1) is 8.43. The lowest BCUT2D eigenvalue weighted by molar-refractivity contribution is -0.133. The van der Waals surface area contributed by atoms with E-state index in [2.05, 4.69) is 13.8 Å². The molecule has 0 radical (unpaired) electrons. The van der Waals surface area contributed by atoms with E-state index in [4.69, 9.17) is 0 Å². The fraction of sp³-hybridized carbons (Fsp3) is 0.875. The zero-order chi connectivity index (χ0) is 13.6. The van der Waals surface area contributed by atoms with Crippen molar-refractivity contribution in [2.45, 2.75) is 78.6 Å². The molecule has 0 amide bonds. The zero-order valence-corrected chi connectivity index (χ0v) is 12.3. The van der Waals surface area contributed by atoms with Crippen molar-refractivity contribution in [1.29, 1.82) is 0 Å². The summed E-state index contributed by atoms with van der Waals surface area (Å²) in [5.74, 6) is 1.24. The molecule has 2 saturated carbocycles. The van der Waals surface area contributed by atoms with Crippen LogP contribution < -0.4 is 0 Å². The maximum atomic E-state index is 11.4. The Kier molecular flexibility index (Phi) is 6.04. The van der Waals surface area contributed by atoms with Crippen LogP contribution in [0.5, 0.6) is 0 Å². The molecule has 0 aliphatic heterocycles. The van der Waals surface area contributed by atoms with Crippen LogP contribution in [0.25, 0.3) is 0 Å². The molecule has 1 unspecified atom stereocenters. The molecule has 104 valence electrons. The largest absolute Gasteiger partial charge is 0.300 e. The number of rotatable bonds is 0. The van der Waals surface area contributed by atoms with Crippen molar-refractivity contribution in [2.24, 2.45) is 11.3 Å². The third-order valence-electron chi connectivity index (χ3n) is 4.21. The minimum absolute atomic E-state index is 0.0301. The third kappa shape index (κ3) is 4.91. The Labute approximate surface area is 112 Å². The summed E-state index contributed by atoms with van der Waals surface area (Å²) < 4.78 is 0. The molecule has 0 aromatic carbocycles. The van der Waals surface area contributed by atoms with Gasteiger partial charge in [0, 0.05) is 24.2 Å². The lowest BCUT2D eigenvalue weighted by Gasteiger charge is -2.31. The molecule has 2 aliphatic carbocycles. The van der Waals surface area contributed by atoms with E-state index in [0.29, 0.717) is 17.5 Å². The maximum Gasteiger partial charge on any atom is 0.141 e. The molecule has 0 aromatic heterocycles. The average molecular weight is 252 g/mol. The van der Waals surface area contributed by atoms with Crippen molar-refractivity contribution in [3.05, 3.63) is 0 Å². The van der Waals surface area contributed by atoms with Crippen LogP contribution in [0, 0.1) is 11.3 Å². The smallest absolute Gasteiger partial charge is 0.141 e. The Hall–Kier alpha value is -0.660. The summed E-state index contributed by atoms with van der Waals surface area (Å²) in [6.07, 6.45) is 9.91. The number of Topliss-reactive ketones (excluding diaryl/α,β-unsaturated/α-hetero) is 2. The van der Waals surface area contributed by atoms with Crippen molar-refractivity contribution < 1.29 is 9.59 Å². The summed E-state index contributed by atoms with van der Waals surface area (Å²) in [7, 11) is 0. The predicted molar refractivity (Wildman–Crippen MR) is 74.5 cm³/mol. The molecular weight excluding hydrogens is 224 g/mol. The topological polar surface area (TPSA) is 34.1 Å². The minimum Gasteiger partial charge on any atom is -0.300 e. The summed E-state index contributed by atoms with van der Waals surface area (Å²) in [5, 5.41) is 0. The number of carbonyl (C=O) groups excluding carboxylic acids is 2. The Morgan fingerprint density at radius 3 is 1.94 bits per heavy atom. The van der Waals surface area contributed by atoms with Crippen molar-refractivity contribution in [3.63, 3.8) is 0 Å². The lowest BCUT2D eigenvalue weighted by atomic mass is 9.72. The first-order valence-corrected chi connectivity index (χ1v) is 7.49. The normalized spacial score (nSPS) is 28.1. The van der Waals surface area contributed by atoms with Gasteiger partial charge >= 0.3 is 0 Å². The number of ketones is 2. The molecule has 2 aliphatic rings. The highest BCUT2D eigenvalue weighted by Gasteiger charge is 2.34. The fourth-order valence-electron chi connectivity index (χ4n) is 2.89. The number of carbonyl (C=O) groups is 2. The second-order valence-corrected chi connectivity index (χ2v) is 6.49. The van der Waals surface area contributed by atoms with Gasteiger partial charge in [-0.1, -0.05) is 40.0 Å². The van der Waals surface area contributed by atoms with Crippen molar-refractivity contribution >= 4 is 11.6 Å². The van der Waals surface area contributed by atoms with Crippen LogP contribution in [-0.4, -0.2) is 11.6 Å². The van der Waals surface area contributed by atoms with Crippen molar-refractivity contribution in [3.8, 4) is 0 Å². The van der Waals surface area contributed by atoms with E-state index in [1.165, 1.54) is 19.3 Å². The molecule has 2 nitrogen and oxygen atoms in total. The summed E-state index contributed by atoms with van der Waals surface area (Å²) >= 11 is 0. The van der Waals surface area contributed by atoms with E-state index >= 15 is 0 Å². The van der Waals surface area contributed by atoms with E-state index in [1.807, 2.05) is 6.92 Å². The minimum atomic E-state index is -0.0301. The van der Waals surface area contributed by atoms with E-state index in [0.717, 1.165) is 38.5 Å². The van der Waals surface area contributed by atoms with Gasteiger partial charge in [-0.05, 0) is 25.7 Å². The van der Waals surface area contributed by atoms with Crippen LogP contribution >= 0.6 is 0 Å². The maximum absolute atomic E-state index is 11.4. The molecular formula is C16H28O2. The molecule has 0 heterocycles. The Bertz CT molecular complexity index is 281. The Balaban J connectivity index is 0.000000184. The second kappa shape index (κ2) is 7.06. The molecule has 2 heteroatoms. The van der Waals surface area contributed by atoms with Gasteiger partial charge < -0.3 is 0 Å². The first kappa shape index (κ1) is 15.4. The number of hydrogen-bond donors (Lipinski definition) is 0. The van der Waals surface area contributed by atoms with Gasteiger partial charge in [0.05, 0.1) is 0 Å². The molecule has 0 bridgehead atoms. The SMILES string of the molecule is CC1CCCC(C)(C)C1=O.O=C1CCCCCC1. The van der Waals surface area contributed by atoms with E-state index < -0.39 is 0 Å². The molecule has 18 heavy (non-hydrogen) atoms. The van der Waals surface area contributed by atoms with E-state index in [-0.39, 0.29) is 5.41 Å². The van der Waals surface area contributed by atoms with Gasteiger partial charge in [0.25, 0.3) is 0 Å². The highest BCUT2D eigenvalue weighted by molar-refractivity contribution is 5.86. The van der Waals surface area contributed by atoms with Crippen molar-refractivity contribution in [2.75, 3.05) is 0 Å². The summed E-state index contributed by atoms with van der Waals surface area (Å²) in [4.78, 5) is 22.1. The lowest BCUT2D eigenvalue weighted by Crippen LogP contribution is -2.33. The van der Waals surface area contributed by atoms with Gasteiger partial charge in [-0.25, -0.2) is 0 Å². The zero-order valence-electron chi connectivity index (χ0n) is 12.3. The third-order valence-corrected chi connectivity index (χ3v) is 4.21. The predicted octanol–water partition coefficient (Wildman–Crippen LogP) is 4.31. The Morgan fingerprint density at radius 2 is 1.50 bits per heavy atom. The number of hydrogen-bond acceptors (Lipinski definition) is 2. The summed E-state index contributed by atoms with van der Waals surface area (Å²) in [6, 6.07) is 0. The van der Waals surface area contributed by atoms with Crippen LogP contribution in [0.2, 0.25) is 0 Å². The van der Waals surface area contributed by atoms with Crippen molar-refractivity contribution in [1.82, 2.24) is 0 Å². The van der Waals surface area contributed by atoms with Crippen LogP contribution in [-0.2, 0) is 9.59 Å². The molecule has 2 rings (SSSR count).